The number of hydrogen-bond donors (Lipinski definition) is 0. The Morgan fingerprint density at radius 1 is 1.13 bits per heavy atom. The van der Waals surface area contributed by atoms with Crippen molar-refractivity contribution < 1.29 is 18.7 Å². The van der Waals surface area contributed by atoms with Crippen molar-refractivity contribution in [2.45, 2.75) is 13.3 Å². The molecule has 2 aliphatic rings. The number of fused-ring (bicyclic) bond motifs is 1. The molecule has 7 heteroatoms. The van der Waals surface area contributed by atoms with Gasteiger partial charge in [0, 0.05) is 25.8 Å². The zero-order valence-electron chi connectivity index (χ0n) is 13.2. The Labute approximate surface area is 135 Å². The van der Waals surface area contributed by atoms with Crippen molar-refractivity contribution in [3.8, 4) is 0 Å². The Kier molecular flexibility index (Phi) is 4.67. The van der Waals surface area contributed by atoms with Crippen LogP contribution in [0.25, 0.3) is 0 Å². The number of carbonyl (C=O) groups excluding carboxylic acids is 2. The average Bonchev–Trinajstić information content (AvgIpc) is 3.02. The molecule has 0 bridgehead atoms. The second-order valence-electron chi connectivity index (χ2n) is 5.88. The lowest BCUT2D eigenvalue weighted by atomic mass is 10.1. The fourth-order valence-electron chi connectivity index (χ4n) is 3.16. The summed E-state index contributed by atoms with van der Waals surface area (Å²) in [6.07, 6.45) is 1.74. The van der Waals surface area contributed by atoms with E-state index < -0.39 is 7.37 Å². The number of rotatable bonds is 6. The third-order valence-electron chi connectivity index (χ3n) is 4.27. The smallest absolute Gasteiger partial charge is 0.261 e. The van der Waals surface area contributed by atoms with E-state index in [2.05, 4.69) is 4.90 Å². The van der Waals surface area contributed by atoms with Gasteiger partial charge in [-0.25, -0.2) is 0 Å². The summed E-state index contributed by atoms with van der Waals surface area (Å²) >= 11 is 0. The van der Waals surface area contributed by atoms with Gasteiger partial charge < -0.3 is 4.52 Å². The van der Waals surface area contributed by atoms with Gasteiger partial charge in [-0.3, -0.25) is 24.0 Å². The van der Waals surface area contributed by atoms with E-state index in [0.29, 0.717) is 49.7 Å². The molecule has 0 N–H and O–H groups in total. The van der Waals surface area contributed by atoms with Crippen LogP contribution in [-0.2, 0) is 9.09 Å². The van der Waals surface area contributed by atoms with E-state index in [1.54, 1.807) is 24.3 Å². The minimum absolute atomic E-state index is 0.216. The molecular formula is C16H21N2O4P. The van der Waals surface area contributed by atoms with Gasteiger partial charge in [-0.15, -0.1) is 0 Å². The van der Waals surface area contributed by atoms with Crippen LogP contribution in [0.5, 0.6) is 0 Å². The predicted octanol–water partition coefficient (Wildman–Crippen LogP) is 2.26. The summed E-state index contributed by atoms with van der Waals surface area (Å²) < 4.78 is 17.7. The van der Waals surface area contributed by atoms with Gasteiger partial charge in [0.15, 0.2) is 0 Å². The van der Waals surface area contributed by atoms with E-state index >= 15 is 0 Å². The van der Waals surface area contributed by atoms with Gasteiger partial charge in [0.2, 0.25) is 7.37 Å². The van der Waals surface area contributed by atoms with E-state index in [0.717, 1.165) is 6.54 Å². The molecule has 1 fully saturated rings. The molecule has 0 aliphatic carbocycles. The molecule has 124 valence electrons. The minimum atomic E-state index is -2.49. The minimum Gasteiger partial charge on any atom is -0.328 e. The first-order valence-corrected chi connectivity index (χ1v) is 9.94. The monoisotopic (exact) mass is 336 g/mol. The SMILES string of the molecule is CCOP1(=O)CCN(CCCN2C(=O)c3ccccc3C2=O)C1. The van der Waals surface area contributed by atoms with Gasteiger partial charge >= 0.3 is 0 Å². The molecule has 0 aromatic heterocycles. The average molecular weight is 336 g/mol. The first-order chi connectivity index (χ1) is 11.0. The third-order valence-corrected chi connectivity index (χ3v) is 6.71. The van der Waals surface area contributed by atoms with Crippen molar-refractivity contribution in [2.75, 3.05) is 38.7 Å². The maximum atomic E-state index is 12.3. The standard InChI is InChI=1S/C16H21N2O4P/c1-2-22-23(21)11-10-17(12-23)8-5-9-18-15(19)13-6-3-4-7-14(13)16(18)20/h3-4,6-7H,2,5,8-12H2,1H3. The van der Waals surface area contributed by atoms with E-state index in [4.69, 9.17) is 4.52 Å². The van der Waals surface area contributed by atoms with E-state index in [1.807, 2.05) is 6.92 Å². The van der Waals surface area contributed by atoms with Crippen LogP contribution >= 0.6 is 7.37 Å². The first kappa shape index (κ1) is 16.4. The normalized spacial score (nSPS) is 24.5. The summed E-state index contributed by atoms with van der Waals surface area (Å²) in [6, 6.07) is 6.91. The molecular weight excluding hydrogens is 315 g/mol. The van der Waals surface area contributed by atoms with Crippen molar-refractivity contribution in [3.05, 3.63) is 35.4 Å². The maximum absolute atomic E-state index is 12.3. The third kappa shape index (κ3) is 3.25. The molecule has 1 aromatic carbocycles. The highest BCUT2D eigenvalue weighted by Gasteiger charge is 2.36. The van der Waals surface area contributed by atoms with Gasteiger partial charge in [-0.1, -0.05) is 12.1 Å². The molecule has 1 saturated heterocycles. The Morgan fingerprint density at radius 3 is 2.39 bits per heavy atom. The Hall–Kier alpha value is -1.49. The van der Waals surface area contributed by atoms with Gasteiger partial charge in [0.05, 0.1) is 24.0 Å². The van der Waals surface area contributed by atoms with Crippen LogP contribution in [0.3, 0.4) is 0 Å². The van der Waals surface area contributed by atoms with Crippen LogP contribution in [0.4, 0.5) is 0 Å². The summed E-state index contributed by atoms with van der Waals surface area (Å²) in [5.41, 5.74) is 0.971. The number of hydrogen-bond acceptors (Lipinski definition) is 5. The summed E-state index contributed by atoms with van der Waals surface area (Å²) in [7, 11) is -2.49. The Bertz CT molecular complexity index is 641. The molecule has 2 heterocycles. The molecule has 0 spiro atoms. The number of imide groups is 1. The molecule has 2 amide bonds. The number of benzene rings is 1. The lowest BCUT2D eigenvalue weighted by molar-refractivity contribution is 0.0648. The van der Waals surface area contributed by atoms with Gasteiger partial charge in [0.1, 0.15) is 0 Å². The molecule has 3 rings (SSSR count). The van der Waals surface area contributed by atoms with Crippen molar-refractivity contribution >= 4 is 19.2 Å². The van der Waals surface area contributed by atoms with Crippen molar-refractivity contribution in [2.24, 2.45) is 0 Å². The summed E-state index contributed by atoms with van der Waals surface area (Å²) in [5.74, 6) is -0.431. The molecule has 1 atom stereocenters. The fourth-order valence-corrected chi connectivity index (χ4v) is 5.46. The second-order valence-corrected chi connectivity index (χ2v) is 8.49. The molecule has 1 unspecified atom stereocenters. The predicted molar refractivity (Wildman–Crippen MR) is 87.0 cm³/mol. The van der Waals surface area contributed by atoms with Crippen LogP contribution in [0.1, 0.15) is 34.1 Å². The fraction of sp³-hybridized carbons (Fsp3) is 0.500. The highest BCUT2D eigenvalue weighted by Crippen LogP contribution is 2.50. The lowest BCUT2D eigenvalue weighted by Gasteiger charge is -2.18. The molecule has 23 heavy (non-hydrogen) atoms. The largest absolute Gasteiger partial charge is 0.328 e. The van der Waals surface area contributed by atoms with E-state index in [-0.39, 0.29) is 11.8 Å². The van der Waals surface area contributed by atoms with Gasteiger partial charge in [0.25, 0.3) is 11.8 Å². The number of amides is 2. The first-order valence-electron chi connectivity index (χ1n) is 7.94. The quantitative estimate of drug-likeness (QED) is 0.589. The summed E-state index contributed by atoms with van der Waals surface area (Å²) in [6.45, 7) is 4.18. The van der Waals surface area contributed by atoms with Gasteiger partial charge in [-0.2, -0.15) is 0 Å². The number of carbonyl (C=O) groups is 2. The highest BCUT2D eigenvalue weighted by atomic mass is 31.2. The molecule has 2 aliphatic heterocycles. The second kappa shape index (κ2) is 6.56. The van der Waals surface area contributed by atoms with Crippen LogP contribution in [0, 0.1) is 0 Å². The molecule has 1 aromatic rings. The van der Waals surface area contributed by atoms with Crippen molar-refractivity contribution in [3.63, 3.8) is 0 Å². The lowest BCUT2D eigenvalue weighted by Crippen LogP contribution is -2.33. The summed E-state index contributed by atoms with van der Waals surface area (Å²) in [5, 5.41) is 0. The Morgan fingerprint density at radius 2 is 1.78 bits per heavy atom. The maximum Gasteiger partial charge on any atom is 0.261 e. The topological polar surface area (TPSA) is 66.9 Å². The van der Waals surface area contributed by atoms with Crippen LogP contribution in [0.2, 0.25) is 0 Å². The van der Waals surface area contributed by atoms with Crippen LogP contribution in [0.15, 0.2) is 24.3 Å². The van der Waals surface area contributed by atoms with E-state index in [1.165, 1.54) is 4.90 Å². The highest BCUT2D eigenvalue weighted by molar-refractivity contribution is 7.59. The van der Waals surface area contributed by atoms with E-state index in [9.17, 15) is 14.2 Å². The van der Waals surface area contributed by atoms with Crippen LogP contribution < -0.4 is 0 Å². The molecule has 0 radical (unpaired) electrons. The Balaban J connectivity index is 1.52. The molecule has 6 nitrogen and oxygen atoms in total. The molecule has 0 saturated carbocycles. The van der Waals surface area contributed by atoms with Gasteiger partial charge in [-0.05, 0) is 25.5 Å². The van der Waals surface area contributed by atoms with Crippen LogP contribution in [-0.4, -0.2) is 60.3 Å². The zero-order valence-corrected chi connectivity index (χ0v) is 14.1. The summed E-state index contributed by atoms with van der Waals surface area (Å²) in [4.78, 5) is 27.9. The zero-order chi connectivity index (χ0) is 16.4. The van der Waals surface area contributed by atoms with Crippen molar-refractivity contribution in [1.82, 2.24) is 9.80 Å². The van der Waals surface area contributed by atoms with Crippen molar-refractivity contribution in [1.29, 1.82) is 0 Å². The number of nitrogens with zero attached hydrogens (tertiary/aromatic N) is 2.